The molecular weight excluding hydrogens is 1830 g/mol. The summed E-state index contributed by atoms with van der Waals surface area (Å²) in [4.78, 5) is 314. The number of carboxylic acids is 4. The monoisotopic (exact) mass is 1940 g/mol. The highest BCUT2D eigenvalue weighted by Gasteiger charge is 2.44. The van der Waals surface area contributed by atoms with Crippen molar-refractivity contribution in [2.45, 2.75) is 202 Å². The van der Waals surface area contributed by atoms with E-state index in [1.165, 1.54) is 76.2 Å². The van der Waals surface area contributed by atoms with Gasteiger partial charge >= 0.3 is 23.9 Å². The smallest absolute Gasteiger partial charge is 0.305 e. The highest BCUT2D eigenvalue weighted by atomic mass is 32.2. The standard InChI is InChI=1S/C86H114N20O28S2/c1-42(87)71(120)103-61-37-136-39-64(110)106-28-27-105-40-86(134,41-106)90-35-59(101-73(122)44(3)91-76(125)55(31-48-17-12-16-47-15-10-11-18-50(47)48)98-74(123)51(23-25-65(111)112)93-79(128)56(32-62(88)108)95-72(121)43(2)92-83(61)132)82(131)94-52(24-26-66(113)114)75(124)99-57(33-67(115)116)80(129)97-53(29-45-13-8-7-9-14-45)77(126)96-54(30-46-19-21-49(107)22-20-46)78(127)100-58(34-68(117)118)81(130)104-69(85(4,5)6)84(133)102-60(70(89)119)36-135-38-63(105)109/h7-22,42-44,51-61,69,90,107,134H,23-41,87H2,1-6H3,(H2,88,108)(H2,89,119)(H,91,125)(H,92,132)(H,93,128)(H,94,131)(H,95,121)(H,96,126)(H,97,129)(H,98,123)(H,99,124)(H,100,127)(H,101,122)(H,102,133)(H,103,120)(H,104,130)(H,111,112)(H,113,114)(H,115,116)(H,117,118)/t42-,43+,44+,51-,52?,53-,54-,55-,56-,57-,58?,59-,60-,61-,69+,86?/m0/s1. The topological polar surface area (TPSA) is 762 Å². The summed E-state index contributed by atoms with van der Waals surface area (Å²) >= 11 is 1.32. The van der Waals surface area contributed by atoms with Crippen molar-refractivity contribution in [3.63, 3.8) is 0 Å². The number of carboxylic acid groups (broad SMARTS) is 4. The number of rotatable bonds is 21. The van der Waals surface area contributed by atoms with Gasteiger partial charge in [0.15, 0.2) is 5.72 Å². The molecule has 136 heavy (non-hydrogen) atoms. The number of nitrogens with two attached hydrogens (primary N) is 3. The molecule has 0 radical (unpaired) electrons. The van der Waals surface area contributed by atoms with E-state index in [1.807, 2.05) is 0 Å². The van der Waals surface area contributed by atoms with Crippen LogP contribution in [0.15, 0.2) is 97.1 Å². The molecule has 16 atom stereocenters. The molecule has 0 saturated carbocycles. The molecule has 3 heterocycles. The lowest BCUT2D eigenvalue weighted by molar-refractivity contribution is -0.142. The summed E-state index contributed by atoms with van der Waals surface area (Å²) in [5.41, 5.74) is 14.0. The second-order valence-corrected chi connectivity index (χ2v) is 35.9. The minimum Gasteiger partial charge on any atom is -0.508 e. The molecule has 3 aliphatic heterocycles. The fourth-order valence-electron chi connectivity index (χ4n) is 14.2. The van der Waals surface area contributed by atoms with Crippen molar-refractivity contribution in [1.29, 1.82) is 0 Å². The number of hydrogen-bond donors (Lipinski definition) is 24. The van der Waals surface area contributed by atoms with E-state index in [2.05, 4.69) is 79.8 Å². The molecule has 4 bridgehead atoms. The molecule has 4 aromatic carbocycles. The van der Waals surface area contributed by atoms with Crippen molar-refractivity contribution in [3.05, 3.63) is 114 Å². The van der Waals surface area contributed by atoms with Gasteiger partial charge in [0.25, 0.3) is 0 Å². The van der Waals surface area contributed by atoms with Crippen LogP contribution in [0.5, 0.6) is 5.75 Å². The third kappa shape index (κ3) is 34.4. The summed E-state index contributed by atoms with van der Waals surface area (Å²) in [5, 5.41) is 101. The summed E-state index contributed by atoms with van der Waals surface area (Å²) < 4.78 is 0. The first-order valence-corrected chi connectivity index (χ1v) is 45.2. The van der Waals surface area contributed by atoms with Crippen LogP contribution in [0.1, 0.15) is 103 Å². The number of phenols is 1. The number of aliphatic hydroxyl groups is 1. The van der Waals surface area contributed by atoms with Crippen molar-refractivity contribution in [3.8, 4) is 5.75 Å². The van der Waals surface area contributed by atoms with Gasteiger partial charge in [-0.2, -0.15) is 0 Å². The number of primary amides is 2. The van der Waals surface area contributed by atoms with Gasteiger partial charge < -0.3 is 132 Å². The van der Waals surface area contributed by atoms with Crippen molar-refractivity contribution in [2.75, 3.05) is 55.7 Å². The number of aliphatic carboxylic acids is 4. The maximum atomic E-state index is 15.5. The number of fused-ring (bicyclic) bond motifs is 5. The lowest BCUT2D eigenvalue weighted by atomic mass is 9.85. The third-order valence-corrected chi connectivity index (χ3v) is 23.7. The lowest BCUT2D eigenvalue weighted by Crippen LogP contribution is -2.65. The normalized spacial score (nSPS) is 25.6. The first kappa shape index (κ1) is 109. The molecule has 0 spiro atoms. The van der Waals surface area contributed by atoms with Gasteiger partial charge in [-0.3, -0.25) is 111 Å². The zero-order valence-corrected chi connectivity index (χ0v) is 76.6. The zero-order chi connectivity index (χ0) is 101. The fourth-order valence-corrected chi connectivity index (χ4v) is 16.1. The second kappa shape index (κ2) is 50.8. The van der Waals surface area contributed by atoms with E-state index in [4.69, 9.17) is 17.2 Å². The van der Waals surface area contributed by atoms with Gasteiger partial charge in [-0.1, -0.05) is 106 Å². The highest BCUT2D eigenvalue weighted by molar-refractivity contribution is 8.00. The summed E-state index contributed by atoms with van der Waals surface area (Å²) in [6.45, 7) is 3.83. The molecule has 3 unspecified atom stereocenters. The Kier molecular flexibility index (Phi) is 40.7. The average Bonchev–Trinajstić information content (AvgIpc) is 1.43. The Morgan fingerprint density at radius 3 is 1.38 bits per heavy atom. The molecule has 3 aliphatic rings. The number of hydrogen-bond acceptors (Lipinski definition) is 28. The summed E-state index contributed by atoms with van der Waals surface area (Å²) in [6, 6.07) is -4.49. The van der Waals surface area contributed by atoms with Crippen molar-refractivity contribution < 1.29 is 136 Å². The maximum absolute atomic E-state index is 15.5. The Morgan fingerprint density at radius 1 is 0.463 bits per heavy atom. The van der Waals surface area contributed by atoms with Gasteiger partial charge in [-0.15, -0.1) is 23.5 Å². The Balaban J connectivity index is 1.41. The van der Waals surface area contributed by atoms with Gasteiger partial charge in [0, 0.05) is 63.2 Å². The van der Waals surface area contributed by atoms with Crippen LogP contribution in [0, 0.1) is 5.41 Å². The molecule has 18 amide bonds. The van der Waals surface area contributed by atoms with E-state index in [0.717, 1.165) is 23.6 Å². The molecular formula is C86H114N20O28S2. The van der Waals surface area contributed by atoms with E-state index in [-0.39, 0.29) is 16.9 Å². The first-order valence-electron chi connectivity index (χ1n) is 42.9. The number of benzene rings is 4. The van der Waals surface area contributed by atoms with Gasteiger partial charge in [0.05, 0.1) is 49.9 Å². The van der Waals surface area contributed by atoms with Crippen LogP contribution in [0.25, 0.3) is 10.8 Å². The second-order valence-electron chi connectivity index (χ2n) is 33.8. The number of nitrogens with one attached hydrogen (secondary N) is 15. The van der Waals surface area contributed by atoms with E-state index in [9.17, 15) is 112 Å². The van der Waals surface area contributed by atoms with Crippen molar-refractivity contribution in [1.82, 2.24) is 89.6 Å². The van der Waals surface area contributed by atoms with E-state index >= 15 is 24.0 Å². The molecule has 0 aliphatic carbocycles. The average molecular weight is 1940 g/mol. The Labute approximate surface area is 786 Å². The highest BCUT2D eigenvalue weighted by Crippen LogP contribution is 2.25. The Hall–Kier alpha value is -14.1. The summed E-state index contributed by atoms with van der Waals surface area (Å²) in [7, 11) is 0. The number of carbonyl (C=O) groups is 22. The zero-order valence-electron chi connectivity index (χ0n) is 74.9. The van der Waals surface area contributed by atoms with Crippen LogP contribution >= 0.6 is 23.5 Å². The third-order valence-electron chi connectivity index (χ3n) is 21.6. The molecule has 50 heteroatoms. The minimum absolute atomic E-state index is 0.196. The maximum Gasteiger partial charge on any atom is 0.305 e. The number of amides is 18. The van der Waals surface area contributed by atoms with Crippen LogP contribution < -0.4 is 97.0 Å². The quantitative estimate of drug-likeness (QED) is 0.0368. The molecule has 0 aromatic heterocycles. The number of phenolic OH excluding ortho intramolecular Hbond substituents is 1. The number of aromatic hydroxyl groups is 1. The Morgan fingerprint density at radius 2 is 0.882 bits per heavy atom. The number of nitrogens with zero attached hydrogens (tertiary/aromatic N) is 2. The predicted molar refractivity (Wildman–Crippen MR) is 483 cm³/mol. The predicted octanol–water partition coefficient (Wildman–Crippen LogP) is -7.72. The number of carbonyl (C=O) groups excluding carboxylic acids is 18. The van der Waals surface area contributed by atoms with Crippen LogP contribution in [-0.4, -0.2) is 323 Å². The minimum atomic E-state index is -2.74. The van der Waals surface area contributed by atoms with Crippen molar-refractivity contribution >= 4 is 165 Å². The van der Waals surface area contributed by atoms with Crippen LogP contribution in [0.4, 0.5) is 0 Å². The van der Waals surface area contributed by atoms with Crippen LogP contribution in [-0.2, 0) is 125 Å². The molecule has 27 N–H and O–H groups in total. The van der Waals surface area contributed by atoms with Crippen LogP contribution in [0.3, 0.4) is 0 Å². The number of thioether (sulfide) groups is 2. The van der Waals surface area contributed by atoms with Gasteiger partial charge in [-0.25, -0.2) is 0 Å². The summed E-state index contributed by atoms with van der Waals surface area (Å²) in [5.74, 6) is -31.6. The lowest BCUT2D eigenvalue weighted by Gasteiger charge is -2.35. The molecule has 7 rings (SSSR count). The SMILES string of the molecule is C[C@H](N)C(=O)N[C@H]1CSCC(=O)N2CCN3CC(O)(C2)NC[C@H](NC(=O)[C@@H](C)NC(=O)[C@H](Cc2cccc4ccccc24)NC(=O)[C@H](CCC(=O)O)NC(=O)[C@H](CC(N)=O)NC(=O)[C@@H](C)NC1=O)C(=O)NC(CCC(=O)O)C(=O)N[C@@H](CC(=O)O)C(=O)N[C@@H](Cc1ccccc1)C(=O)N[C@@H](Cc1ccc(O)cc1)C(=O)NC(CC(=O)O)C(=O)N[C@@H](C(C)(C)C)C(=O)N[C@H](C(N)=O)CSCC3=O. The largest absolute Gasteiger partial charge is 0.508 e. The molecule has 3 saturated heterocycles. The Bertz CT molecular complexity index is 5120. The van der Waals surface area contributed by atoms with Gasteiger partial charge in [0.2, 0.25) is 106 Å². The van der Waals surface area contributed by atoms with Crippen molar-refractivity contribution in [2.24, 2.45) is 22.6 Å². The van der Waals surface area contributed by atoms with Gasteiger partial charge in [-0.05, 0) is 78.6 Å². The summed E-state index contributed by atoms with van der Waals surface area (Å²) in [6.07, 6.45) is -8.72. The van der Waals surface area contributed by atoms with Gasteiger partial charge in [0.1, 0.15) is 90.3 Å². The van der Waals surface area contributed by atoms with Crippen LogP contribution in [0.2, 0.25) is 0 Å². The van der Waals surface area contributed by atoms with E-state index in [1.54, 1.807) is 48.5 Å². The molecule has 3 fully saturated rings. The van der Waals surface area contributed by atoms with E-state index in [0.29, 0.717) is 39.9 Å². The first-order chi connectivity index (χ1) is 64.0. The molecule has 738 valence electrons. The van der Waals surface area contributed by atoms with E-state index < -0.39 is 352 Å². The molecule has 48 nitrogen and oxygen atoms in total. The fraction of sp³-hybridized carbons (Fsp3) is 0.488. The molecule has 4 aromatic rings.